The van der Waals surface area contributed by atoms with Crippen molar-refractivity contribution in [3.05, 3.63) is 33.9 Å². The molecular formula is C21H27N3O5. The summed E-state index contributed by atoms with van der Waals surface area (Å²) in [5.74, 6) is 0.815. The Kier molecular flexibility index (Phi) is 5.06. The highest BCUT2D eigenvalue weighted by Crippen LogP contribution is 2.59. The monoisotopic (exact) mass is 401 g/mol. The minimum atomic E-state index is -0.830. The average molecular weight is 401 g/mol. The topological polar surface area (TPSA) is 111 Å². The number of nitrogens with zero attached hydrogens (tertiary/aromatic N) is 1. The third kappa shape index (κ3) is 3.50. The smallest absolute Gasteiger partial charge is 0.313 e. The van der Waals surface area contributed by atoms with E-state index < -0.39 is 22.3 Å². The fourth-order valence-corrected chi connectivity index (χ4v) is 6.01. The van der Waals surface area contributed by atoms with Crippen molar-refractivity contribution in [3.8, 4) is 0 Å². The Morgan fingerprint density at radius 3 is 2.31 bits per heavy atom. The van der Waals surface area contributed by atoms with Gasteiger partial charge in [0.1, 0.15) is 0 Å². The van der Waals surface area contributed by atoms with Crippen LogP contribution < -0.4 is 10.6 Å². The third-order valence-corrected chi connectivity index (χ3v) is 7.31. The second-order valence-electron chi connectivity index (χ2n) is 8.86. The van der Waals surface area contributed by atoms with E-state index in [0.29, 0.717) is 23.9 Å². The number of aryl methyl sites for hydroxylation is 1. The van der Waals surface area contributed by atoms with Crippen LogP contribution in [-0.4, -0.2) is 36.0 Å². The summed E-state index contributed by atoms with van der Waals surface area (Å²) in [5.41, 5.74) is 0.366. The Bertz CT molecular complexity index is 825. The van der Waals surface area contributed by atoms with Crippen LogP contribution in [0.25, 0.3) is 0 Å². The predicted octanol–water partition coefficient (Wildman–Crippen LogP) is 2.80. The number of anilines is 1. The van der Waals surface area contributed by atoms with E-state index >= 15 is 0 Å². The van der Waals surface area contributed by atoms with E-state index in [4.69, 9.17) is 4.74 Å². The van der Waals surface area contributed by atoms with Crippen LogP contribution in [0.4, 0.5) is 11.4 Å². The van der Waals surface area contributed by atoms with Gasteiger partial charge in [-0.05, 0) is 68.3 Å². The number of carbonyl (C=O) groups excluding carboxylic acids is 2. The van der Waals surface area contributed by atoms with Crippen LogP contribution in [0, 0.1) is 40.7 Å². The molecule has 0 aliphatic heterocycles. The molecule has 0 radical (unpaired) electrons. The van der Waals surface area contributed by atoms with Gasteiger partial charge in [-0.1, -0.05) is 6.07 Å². The Balaban J connectivity index is 1.41. The van der Waals surface area contributed by atoms with Crippen molar-refractivity contribution >= 4 is 23.2 Å². The first kappa shape index (κ1) is 19.8. The number of methoxy groups -OCH3 is 1. The lowest BCUT2D eigenvalue weighted by Gasteiger charge is -2.60. The lowest BCUT2D eigenvalue weighted by atomic mass is 9.49. The van der Waals surface area contributed by atoms with Crippen LogP contribution in [0.2, 0.25) is 0 Å². The molecule has 0 atom stereocenters. The molecule has 5 rings (SSSR count). The number of hydrogen-bond acceptors (Lipinski definition) is 5. The van der Waals surface area contributed by atoms with Gasteiger partial charge < -0.3 is 15.4 Å². The van der Waals surface area contributed by atoms with Gasteiger partial charge in [0, 0.05) is 25.8 Å². The maximum absolute atomic E-state index is 12.5. The van der Waals surface area contributed by atoms with Crippen molar-refractivity contribution in [1.29, 1.82) is 0 Å². The maximum Gasteiger partial charge on any atom is 0.313 e. The van der Waals surface area contributed by atoms with Crippen molar-refractivity contribution < 1.29 is 19.2 Å². The lowest BCUT2D eigenvalue weighted by molar-refractivity contribution is -0.384. The molecule has 156 valence electrons. The molecule has 0 saturated heterocycles. The third-order valence-electron chi connectivity index (χ3n) is 7.31. The van der Waals surface area contributed by atoms with Crippen molar-refractivity contribution in [1.82, 2.24) is 5.32 Å². The number of nitrogens with one attached hydrogen (secondary N) is 2. The second kappa shape index (κ2) is 7.40. The number of ether oxygens (including phenoxy) is 1. The van der Waals surface area contributed by atoms with Gasteiger partial charge in [-0.3, -0.25) is 19.7 Å². The number of nitro groups is 1. The molecule has 29 heavy (non-hydrogen) atoms. The summed E-state index contributed by atoms with van der Waals surface area (Å²) < 4.78 is 6.00. The number of carbonyl (C=O) groups is 2. The Morgan fingerprint density at radius 2 is 1.76 bits per heavy atom. The second-order valence-corrected chi connectivity index (χ2v) is 8.86. The Labute approximate surface area is 169 Å². The van der Waals surface area contributed by atoms with Crippen LogP contribution in [0.1, 0.15) is 37.7 Å². The number of benzene rings is 1. The molecule has 4 saturated carbocycles. The summed E-state index contributed by atoms with van der Waals surface area (Å²) in [5, 5.41) is 16.2. The maximum atomic E-state index is 12.5. The molecule has 8 nitrogen and oxygen atoms in total. The number of rotatable bonds is 5. The van der Waals surface area contributed by atoms with Gasteiger partial charge in [-0.2, -0.15) is 0 Å². The van der Waals surface area contributed by atoms with Gasteiger partial charge in [0.15, 0.2) is 0 Å². The zero-order chi connectivity index (χ0) is 20.8. The molecule has 0 unspecified atom stereocenters. The summed E-state index contributed by atoms with van der Waals surface area (Å²) in [6, 6.07) is 4.16. The zero-order valence-electron chi connectivity index (χ0n) is 16.8. The van der Waals surface area contributed by atoms with Crippen LogP contribution in [-0.2, 0) is 14.3 Å². The summed E-state index contributed by atoms with van der Waals surface area (Å²) in [6.45, 7) is 2.03. The first-order chi connectivity index (χ1) is 13.8. The molecular weight excluding hydrogens is 374 g/mol. The van der Waals surface area contributed by atoms with Gasteiger partial charge >= 0.3 is 11.8 Å². The van der Waals surface area contributed by atoms with Crippen molar-refractivity contribution in [2.45, 2.75) is 44.6 Å². The van der Waals surface area contributed by atoms with Gasteiger partial charge in [0.05, 0.1) is 16.2 Å². The normalized spacial score (nSPS) is 32.1. The van der Waals surface area contributed by atoms with E-state index in [1.54, 1.807) is 20.1 Å². The lowest BCUT2D eigenvalue weighted by Crippen LogP contribution is -2.63. The quantitative estimate of drug-likeness (QED) is 0.448. The van der Waals surface area contributed by atoms with Gasteiger partial charge in [-0.15, -0.1) is 0 Å². The number of amides is 2. The summed E-state index contributed by atoms with van der Waals surface area (Å²) in [4.78, 5) is 35.3. The van der Waals surface area contributed by atoms with Gasteiger partial charge in [0.25, 0.3) is 5.69 Å². The van der Waals surface area contributed by atoms with Crippen LogP contribution in [0.15, 0.2) is 18.2 Å². The van der Waals surface area contributed by atoms with E-state index in [-0.39, 0.29) is 11.4 Å². The molecule has 4 aliphatic carbocycles. The first-order valence-electron chi connectivity index (χ1n) is 10.2. The first-order valence-corrected chi connectivity index (χ1v) is 10.2. The summed E-state index contributed by atoms with van der Waals surface area (Å²) in [6.07, 6.45) is 5.86. The molecule has 0 heterocycles. The van der Waals surface area contributed by atoms with Crippen LogP contribution >= 0.6 is 0 Å². The molecule has 1 aromatic rings. The molecule has 0 aromatic heterocycles. The highest BCUT2D eigenvalue weighted by Gasteiger charge is 2.57. The number of hydrogen-bond donors (Lipinski definition) is 2. The standard InChI is InChI=1S/C21H27N3O5/c1-12-3-4-17(24(27)28)10-18(12)23-20(26)19(25)22-11-21(29-2)15-6-13-5-14(8-15)9-16(21)7-13/h3-4,10,13-16H,5-9,11H2,1-2H3,(H,22,25)(H,23,26). The van der Waals surface area contributed by atoms with Crippen molar-refractivity contribution in [2.24, 2.45) is 23.7 Å². The average Bonchev–Trinajstić information content (AvgIpc) is 2.68. The molecule has 4 bridgehead atoms. The van der Waals surface area contributed by atoms with Gasteiger partial charge in [0.2, 0.25) is 0 Å². The molecule has 1 aromatic carbocycles. The summed E-state index contributed by atoms with van der Waals surface area (Å²) >= 11 is 0. The van der Waals surface area contributed by atoms with E-state index in [1.165, 1.54) is 18.6 Å². The molecule has 8 heteroatoms. The largest absolute Gasteiger partial charge is 0.376 e. The highest BCUT2D eigenvalue weighted by molar-refractivity contribution is 6.39. The fraction of sp³-hybridized carbons (Fsp3) is 0.619. The number of non-ortho nitro benzene ring substituents is 1. The van der Waals surface area contributed by atoms with Crippen molar-refractivity contribution in [2.75, 3.05) is 19.0 Å². The predicted molar refractivity (Wildman–Crippen MR) is 106 cm³/mol. The Hall–Kier alpha value is -2.48. The van der Waals surface area contributed by atoms with Crippen molar-refractivity contribution in [3.63, 3.8) is 0 Å². The highest BCUT2D eigenvalue weighted by atomic mass is 16.6. The minimum absolute atomic E-state index is 0.141. The van der Waals surface area contributed by atoms with E-state index in [1.807, 2.05) is 0 Å². The van der Waals surface area contributed by atoms with E-state index in [2.05, 4.69) is 10.6 Å². The molecule has 4 fully saturated rings. The summed E-state index contributed by atoms with van der Waals surface area (Å²) in [7, 11) is 1.71. The Morgan fingerprint density at radius 1 is 1.14 bits per heavy atom. The zero-order valence-corrected chi connectivity index (χ0v) is 16.8. The van der Waals surface area contributed by atoms with E-state index in [9.17, 15) is 19.7 Å². The molecule has 2 amide bonds. The van der Waals surface area contributed by atoms with Gasteiger partial charge in [-0.25, -0.2) is 0 Å². The fourth-order valence-electron chi connectivity index (χ4n) is 6.01. The molecule has 2 N–H and O–H groups in total. The molecule has 0 spiro atoms. The number of nitro benzene ring substituents is 1. The van der Waals surface area contributed by atoms with E-state index in [0.717, 1.165) is 37.5 Å². The minimum Gasteiger partial charge on any atom is -0.376 e. The van der Waals surface area contributed by atoms with Crippen LogP contribution in [0.5, 0.6) is 0 Å². The van der Waals surface area contributed by atoms with Crippen LogP contribution in [0.3, 0.4) is 0 Å². The molecule has 4 aliphatic rings. The SMILES string of the molecule is COC1(CNC(=O)C(=O)Nc2cc([N+](=O)[O-])ccc2C)C2CC3CC(C2)CC1C3.